The minimum Gasteiger partial charge on any atom is -0.490 e. The van der Waals surface area contributed by atoms with Crippen LogP contribution in [0.25, 0.3) is 0 Å². The van der Waals surface area contributed by atoms with Crippen molar-refractivity contribution < 1.29 is 28.7 Å². The third-order valence-electron chi connectivity index (χ3n) is 4.16. The van der Waals surface area contributed by atoms with Crippen LogP contribution in [-0.4, -0.2) is 78.9 Å². The van der Waals surface area contributed by atoms with Crippen molar-refractivity contribution in [3.05, 3.63) is 41.4 Å². The van der Waals surface area contributed by atoms with Crippen LogP contribution in [0.3, 0.4) is 0 Å². The summed E-state index contributed by atoms with van der Waals surface area (Å²) in [4.78, 5) is 45.5. The van der Waals surface area contributed by atoms with Gasteiger partial charge in [0, 0.05) is 18.7 Å². The fourth-order valence-electron chi connectivity index (χ4n) is 2.62. The van der Waals surface area contributed by atoms with Crippen molar-refractivity contribution in [2.45, 2.75) is 19.6 Å². The second kappa shape index (κ2) is 10.3. The van der Waals surface area contributed by atoms with E-state index in [0.717, 1.165) is 17.2 Å². The van der Waals surface area contributed by atoms with Gasteiger partial charge >= 0.3 is 18.0 Å². The van der Waals surface area contributed by atoms with E-state index in [-0.39, 0.29) is 19.7 Å². The van der Waals surface area contributed by atoms with Gasteiger partial charge in [-0.1, -0.05) is 23.7 Å². The molecule has 0 N–H and O–H groups in total. The number of para-hydroxylation sites is 1. The highest BCUT2D eigenvalue weighted by Gasteiger charge is 2.38. The summed E-state index contributed by atoms with van der Waals surface area (Å²) in [5, 5.41) is 1.38. The SMILES string of the molecule is CN(C)CCN1OC(=O)/C=C\C(=O)OC(C)(C)N(CCOc2ccccc2Cl)C1=O. The van der Waals surface area contributed by atoms with Crippen LogP contribution in [0.15, 0.2) is 36.4 Å². The summed E-state index contributed by atoms with van der Waals surface area (Å²) in [6.45, 7) is 3.83. The van der Waals surface area contributed by atoms with E-state index in [1.54, 1.807) is 38.1 Å². The van der Waals surface area contributed by atoms with E-state index < -0.39 is 23.7 Å². The number of ether oxygens (including phenoxy) is 2. The van der Waals surface area contributed by atoms with E-state index >= 15 is 0 Å². The molecule has 0 saturated carbocycles. The number of benzene rings is 1. The number of amides is 2. The minimum atomic E-state index is -1.33. The number of urea groups is 1. The van der Waals surface area contributed by atoms with E-state index in [9.17, 15) is 14.4 Å². The molecule has 0 unspecified atom stereocenters. The number of hydroxylamine groups is 2. The van der Waals surface area contributed by atoms with E-state index in [2.05, 4.69) is 0 Å². The van der Waals surface area contributed by atoms with Gasteiger partial charge in [-0.05, 0) is 40.1 Å². The number of hydrogen-bond acceptors (Lipinski definition) is 7. The molecule has 0 radical (unpaired) electrons. The summed E-state index contributed by atoms with van der Waals surface area (Å²) in [6.07, 6.45) is 1.88. The van der Waals surface area contributed by atoms with Crippen molar-refractivity contribution in [1.29, 1.82) is 0 Å². The molecule has 1 heterocycles. The standard InChI is InChI=1S/C20H26ClN3O6/c1-20(2)23(13-14-28-16-8-6-5-7-15(16)21)19(27)24(12-11-22(3)4)30-18(26)10-9-17(25)29-20/h5-10H,11-14H2,1-4H3/b10-9-. The third kappa shape index (κ3) is 6.64. The Bertz CT molecular complexity index is 811. The number of halogens is 1. The van der Waals surface area contributed by atoms with Gasteiger partial charge < -0.3 is 19.2 Å². The Hall–Kier alpha value is -2.78. The number of rotatable bonds is 7. The lowest BCUT2D eigenvalue weighted by Gasteiger charge is -2.39. The summed E-state index contributed by atoms with van der Waals surface area (Å²) in [5.41, 5.74) is -1.33. The molecule has 0 bridgehead atoms. The van der Waals surface area contributed by atoms with Gasteiger partial charge in [-0.3, -0.25) is 4.90 Å². The molecule has 0 spiro atoms. The zero-order chi connectivity index (χ0) is 22.3. The minimum absolute atomic E-state index is 0.0457. The van der Waals surface area contributed by atoms with Crippen LogP contribution in [0.1, 0.15) is 13.8 Å². The lowest BCUT2D eigenvalue weighted by Crippen LogP contribution is -2.57. The molecule has 0 atom stereocenters. The average molecular weight is 440 g/mol. The summed E-state index contributed by atoms with van der Waals surface area (Å²) < 4.78 is 11.1. The van der Waals surface area contributed by atoms with Crippen molar-refractivity contribution in [1.82, 2.24) is 14.9 Å². The molecule has 1 aromatic rings. The largest absolute Gasteiger partial charge is 0.490 e. The first kappa shape index (κ1) is 23.5. The average Bonchev–Trinajstić information content (AvgIpc) is 2.66. The summed E-state index contributed by atoms with van der Waals surface area (Å²) in [6, 6.07) is 6.30. The van der Waals surface area contributed by atoms with Crippen molar-refractivity contribution >= 4 is 29.6 Å². The molecule has 9 nitrogen and oxygen atoms in total. The summed E-state index contributed by atoms with van der Waals surface area (Å²) >= 11 is 6.09. The Morgan fingerprint density at radius 1 is 1.07 bits per heavy atom. The Morgan fingerprint density at radius 3 is 2.40 bits per heavy atom. The molecule has 0 aromatic heterocycles. The van der Waals surface area contributed by atoms with Crippen LogP contribution >= 0.6 is 11.6 Å². The number of nitrogens with zero attached hydrogens (tertiary/aromatic N) is 3. The third-order valence-corrected chi connectivity index (χ3v) is 4.47. The zero-order valence-electron chi connectivity index (χ0n) is 17.5. The van der Waals surface area contributed by atoms with Gasteiger partial charge in [0.05, 0.1) is 18.1 Å². The Balaban J connectivity index is 2.24. The maximum atomic E-state index is 13.2. The molecule has 1 aromatic carbocycles. The van der Waals surface area contributed by atoms with Gasteiger partial charge in [0.2, 0.25) is 0 Å². The molecule has 2 amide bonds. The van der Waals surface area contributed by atoms with Crippen LogP contribution in [0.2, 0.25) is 5.02 Å². The van der Waals surface area contributed by atoms with Crippen LogP contribution in [-0.2, 0) is 19.2 Å². The van der Waals surface area contributed by atoms with Gasteiger partial charge in [-0.2, -0.15) is 5.06 Å². The first-order valence-electron chi connectivity index (χ1n) is 9.34. The number of likely N-dealkylation sites (N-methyl/N-ethyl adjacent to an activating group) is 1. The highest BCUT2D eigenvalue weighted by atomic mass is 35.5. The first-order valence-corrected chi connectivity index (χ1v) is 9.72. The van der Waals surface area contributed by atoms with Gasteiger partial charge in [0.1, 0.15) is 12.4 Å². The maximum Gasteiger partial charge on any atom is 0.356 e. The summed E-state index contributed by atoms with van der Waals surface area (Å²) in [7, 11) is 3.66. The number of cyclic esters (lactones) is 1. The van der Waals surface area contributed by atoms with Gasteiger partial charge in [-0.25, -0.2) is 14.4 Å². The molecule has 1 aliphatic rings. The first-order chi connectivity index (χ1) is 14.1. The number of hydrogen-bond donors (Lipinski definition) is 0. The molecular weight excluding hydrogens is 414 g/mol. The Labute approximate surface area is 180 Å². The van der Waals surface area contributed by atoms with E-state index in [0.29, 0.717) is 17.3 Å². The maximum absolute atomic E-state index is 13.2. The molecular formula is C20H26ClN3O6. The van der Waals surface area contributed by atoms with Crippen LogP contribution < -0.4 is 4.74 Å². The van der Waals surface area contributed by atoms with Crippen LogP contribution in [0, 0.1) is 0 Å². The molecule has 0 fully saturated rings. The van der Waals surface area contributed by atoms with Crippen molar-refractivity contribution in [3.63, 3.8) is 0 Å². The molecule has 1 aliphatic heterocycles. The number of esters is 1. The predicted octanol–water partition coefficient (Wildman–Crippen LogP) is 2.31. The van der Waals surface area contributed by atoms with E-state index in [1.165, 1.54) is 4.90 Å². The van der Waals surface area contributed by atoms with E-state index in [1.807, 2.05) is 19.0 Å². The predicted molar refractivity (Wildman–Crippen MR) is 110 cm³/mol. The fraction of sp³-hybridized carbons (Fsp3) is 0.450. The molecule has 2 rings (SSSR count). The topological polar surface area (TPSA) is 88.6 Å². The fourth-order valence-corrected chi connectivity index (χ4v) is 2.81. The highest BCUT2D eigenvalue weighted by Crippen LogP contribution is 2.24. The molecule has 0 aliphatic carbocycles. The lowest BCUT2D eigenvalue weighted by molar-refractivity contribution is -0.187. The summed E-state index contributed by atoms with van der Waals surface area (Å²) in [5.74, 6) is -1.17. The van der Waals surface area contributed by atoms with Crippen LogP contribution in [0.5, 0.6) is 5.75 Å². The van der Waals surface area contributed by atoms with Crippen molar-refractivity contribution in [2.24, 2.45) is 0 Å². The molecule has 0 saturated heterocycles. The van der Waals surface area contributed by atoms with Crippen LogP contribution in [0.4, 0.5) is 4.79 Å². The number of carbonyl (C=O) groups excluding carboxylic acids is 3. The lowest BCUT2D eigenvalue weighted by atomic mass is 10.2. The molecule has 30 heavy (non-hydrogen) atoms. The normalized spacial score (nSPS) is 18.1. The van der Waals surface area contributed by atoms with Crippen molar-refractivity contribution in [3.8, 4) is 5.75 Å². The molecule has 164 valence electrons. The van der Waals surface area contributed by atoms with Gasteiger partial charge in [0.25, 0.3) is 0 Å². The smallest absolute Gasteiger partial charge is 0.356 e. The highest BCUT2D eigenvalue weighted by molar-refractivity contribution is 6.32. The number of carbonyl (C=O) groups is 3. The Morgan fingerprint density at radius 2 is 1.73 bits per heavy atom. The molecule has 10 heteroatoms. The van der Waals surface area contributed by atoms with Gasteiger partial charge in [-0.15, -0.1) is 0 Å². The quantitative estimate of drug-likeness (QED) is 0.602. The van der Waals surface area contributed by atoms with Gasteiger partial charge in [0.15, 0.2) is 5.72 Å². The van der Waals surface area contributed by atoms with E-state index in [4.69, 9.17) is 25.9 Å². The second-order valence-electron chi connectivity index (χ2n) is 7.23. The zero-order valence-corrected chi connectivity index (χ0v) is 18.2. The Kier molecular flexibility index (Phi) is 8.08. The second-order valence-corrected chi connectivity index (χ2v) is 7.64. The van der Waals surface area contributed by atoms with Crippen molar-refractivity contribution in [2.75, 3.05) is 40.3 Å². The monoisotopic (exact) mass is 439 g/mol.